The topological polar surface area (TPSA) is 79.3 Å². The van der Waals surface area contributed by atoms with E-state index in [1.807, 2.05) is 7.05 Å². The minimum atomic E-state index is -0.419. The summed E-state index contributed by atoms with van der Waals surface area (Å²) in [6, 6.07) is 0. The van der Waals surface area contributed by atoms with Gasteiger partial charge in [-0.05, 0) is 7.05 Å². The predicted molar refractivity (Wildman–Crippen MR) is 49.5 cm³/mol. The molecular weight excluding hydrogens is 154 g/mol. The molecule has 1 unspecified atom stereocenters. The Morgan fingerprint density at radius 1 is 1.67 bits per heavy atom. The number of nitrogens with one attached hydrogen (secondary N) is 2. The Balaban J connectivity index is 2.42. The summed E-state index contributed by atoms with van der Waals surface area (Å²) in [5.41, 5.74) is 11.5. The molecule has 0 bridgehead atoms. The first kappa shape index (κ1) is 9.88. The van der Waals surface area contributed by atoms with Crippen LogP contribution in [-0.2, 0) is 0 Å². The number of nitrogens with two attached hydrogens (primary N) is 2. The first-order chi connectivity index (χ1) is 5.69. The lowest BCUT2D eigenvalue weighted by Crippen LogP contribution is -2.73. The van der Waals surface area contributed by atoms with Crippen molar-refractivity contribution < 1.29 is 0 Å². The van der Waals surface area contributed by atoms with E-state index in [4.69, 9.17) is 11.5 Å². The van der Waals surface area contributed by atoms with Crippen LogP contribution in [0.5, 0.6) is 0 Å². The second-order valence-corrected chi connectivity index (χ2v) is 3.24. The molecule has 6 N–H and O–H groups in total. The molecule has 1 heterocycles. The van der Waals surface area contributed by atoms with Crippen molar-refractivity contribution in [2.75, 3.05) is 39.8 Å². The lowest BCUT2D eigenvalue weighted by Gasteiger charge is -2.43. The first-order valence-corrected chi connectivity index (χ1v) is 4.35. The zero-order valence-corrected chi connectivity index (χ0v) is 7.64. The number of hydrogen-bond acceptors (Lipinski definition) is 5. The Morgan fingerprint density at radius 2 is 2.42 bits per heavy atom. The molecule has 1 aliphatic heterocycles. The van der Waals surface area contributed by atoms with Crippen LogP contribution in [0, 0.1) is 0 Å². The highest BCUT2D eigenvalue weighted by molar-refractivity contribution is 4.86. The highest BCUT2D eigenvalue weighted by atomic mass is 15.4. The van der Waals surface area contributed by atoms with E-state index in [1.165, 1.54) is 0 Å². The van der Waals surface area contributed by atoms with Gasteiger partial charge in [-0.15, -0.1) is 0 Å². The molecule has 0 aliphatic carbocycles. The van der Waals surface area contributed by atoms with Gasteiger partial charge in [0.2, 0.25) is 0 Å². The van der Waals surface area contributed by atoms with Crippen LogP contribution in [0.15, 0.2) is 0 Å². The van der Waals surface area contributed by atoms with E-state index < -0.39 is 5.79 Å². The zero-order chi connectivity index (χ0) is 9.03. The average molecular weight is 173 g/mol. The van der Waals surface area contributed by atoms with E-state index >= 15 is 0 Å². The van der Waals surface area contributed by atoms with E-state index in [0.717, 1.165) is 26.2 Å². The Kier molecular flexibility index (Phi) is 3.42. The summed E-state index contributed by atoms with van der Waals surface area (Å²) < 4.78 is 0. The second-order valence-electron chi connectivity index (χ2n) is 3.24. The van der Waals surface area contributed by atoms with Crippen molar-refractivity contribution in [3.63, 3.8) is 0 Å². The minimum Gasteiger partial charge on any atom is -0.329 e. The van der Waals surface area contributed by atoms with Crippen LogP contribution >= 0.6 is 0 Å². The van der Waals surface area contributed by atoms with Gasteiger partial charge in [-0.25, -0.2) is 0 Å². The van der Waals surface area contributed by atoms with Crippen LogP contribution in [-0.4, -0.2) is 50.5 Å². The van der Waals surface area contributed by atoms with Crippen LogP contribution in [0.2, 0.25) is 0 Å². The molecule has 0 amide bonds. The number of piperazine rings is 1. The fourth-order valence-corrected chi connectivity index (χ4v) is 1.35. The van der Waals surface area contributed by atoms with Gasteiger partial charge in [-0.2, -0.15) is 0 Å². The zero-order valence-electron chi connectivity index (χ0n) is 7.64. The summed E-state index contributed by atoms with van der Waals surface area (Å²) in [6.45, 7) is 4.10. The number of nitrogens with zero attached hydrogens (tertiary/aromatic N) is 1. The first-order valence-electron chi connectivity index (χ1n) is 4.35. The third-order valence-corrected chi connectivity index (χ3v) is 2.28. The standard InChI is InChI=1S/C7H19N5/c1-12-5-4-10-6-7(12,9)11-3-2-8/h10-11H,2-6,8-9H2,1H3. The Bertz CT molecular complexity index is 140. The molecule has 0 radical (unpaired) electrons. The summed E-state index contributed by atoms with van der Waals surface area (Å²) in [5, 5.41) is 6.46. The third kappa shape index (κ3) is 2.15. The molecule has 1 atom stereocenters. The SMILES string of the molecule is CN1CCNCC1(N)NCCN. The monoisotopic (exact) mass is 173 g/mol. The Hall–Kier alpha value is -0.200. The summed E-state index contributed by atoms with van der Waals surface area (Å²) in [4.78, 5) is 2.11. The largest absolute Gasteiger partial charge is 0.329 e. The van der Waals surface area contributed by atoms with Gasteiger partial charge < -0.3 is 11.1 Å². The van der Waals surface area contributed by atoms with E-state index in [2.05, 4.69) is 15.5 Å². The van der Waals surface area contributed by atoms with Gasteiger partial charge in [-0.1, -0.05) is 0 Å². The van der Waals surface area contributed by atoms with Gasteiger partial charge in [0, 0.05) is 32.7 Å². The van der Waals surface area contributed by atoms with Crippen molar-refractivity contribution >= 4 is 0 Å². The molecule has 1 rings (SSSR count). The van der Waals surface area contributed by atoms with Gasteiger partial charge in [0.1, 0.15) is 5.79 Å². The molecule has 0 aromatic rings. The van der Waals surface area contributed by atoms with Crippen molar-refractivity contribution in [2.24, 2.45) is 11.5 Å². The fourth-order valence-electron chi connectivity index (χ4n) is 1.35. The van der Waals surface area contributed by atoms with E-state index in [0.29, 0.717) is 6.54 Å². The third-order valence-electron chi connectivity index (χ3n) is 2.28. The molecule has 5 nitrogen and oxygen atoms in total. The van der Waals surface area contributed by atoms with Gasteiger partial charge in [0.25, 0.3) is 0 Å². The van der Waals surface area contributed by atoms with Crippen LogP contribution in [0.1, 0.15) is 0 Å². The average Bonchev–Trinajstić information content (AvgIpc) is 2.07. The molecule has 0 spiro atoms. The molecule has 72 valence electrons. The molecule has 0 saturated carbocycles. The molecule has 1 aliphatic rings. The van der Waals surface area contributed by atoms with Gasteiger partial charge >= 0.3 is 0 Å². The second kappa shape index (κ2) is 4.15. The van der Waals surface area contributed by atoms with Crippen molar-refractivity contribution in [1.29, 1.82) is 0 Å². The number of rotatable bonds is 3. The minimum absolute atomic E-state index is 0.419. The molecular formula is C7H19N5. The quantitative estimate of drug-likeness (QED) is 0.360. The number of hydrogen-bond donors (Lipinski definition) is 4. The van der Waals surface area contributed by atoms with Crippen molar-refractivity contribution in [1.82, 2.24) is 15.5 Å². The van der Waals surface area contributed by atoms with Gasteiger partial charge in [0.15, 0.2) is 0 Å². The maximum Gasteiger partial charge on any atom is 0.136 e. The summed E-state index contributed by atoms with van der Waals surface area (Å²) in [7, 11) is 2.02. The van der Waals surface area contributed by atoms with Crippen LogP contribution < -0.4 is 22.1 Å². The van der Waals surface area contributed by atoms with E-state index in [1.54, 1.807) is 0 Å². The maximum absolute atomic E-state index is 6.09. The van der Waals surface area contributed by atoms with Crippen molar-refractivity contribution in [3.8, 4) is 0 Å². The lowest BCUT2D eigenvalue weighted by atomic mass is 10.2. The Morgan fingerprint density at radius 3 is 3.00 bits per heavy atom. The highest BCUT2D eigenvalue weighted by Crippen LogP contribution is 2.03. The normalized spacial score (nSPS) is 32.2. The van der Waals surface area contributed by atoms with Crippen LogP contribution in [0.4, 0.5) is 0 Å². The fraction of sp³-hybridized carbons (Fsp3) is 1.00. The summed E-state index contributed by atoms with van der Waals surface area (Å²) in [6.07, 6.45) is 0. The van der Waals surface area contributed by atoms with Crippen LogP contribution in [0.3, 0.4) is 0 Å². The lowest BCUT2D eigenvalue weighted by molar-refractivity contribution is 0.0612. The summed E-state index contributed by atoms with van der Waals surface area (Å²) >= 11 is 0. The van der Waals surface area contributed by atoms with Crippen LogP contribution in [0.25, 0.3) is 0 Å². The molecule has 12 heavy (non-hydrogen) atoms. The smallest absolute Gasteiger partial charge is 0.136 e. The molecule has 0 aromatic heterocycles. The van der Waals surface area contributed by atoms with Gasteiger partial charge in [-0.3, -0.25) is 16.0 Å². The highest BCUT2D eigenvalue weighted by Gasteiger charge is 2.31. The molecule has 1 saturated heterocycles. The maximum atomic E-state index is 6.09. The molecule has 1 fully saturated rings. The van der Waals surface area contributed by atoms with Crippen molar-refractivity contribution in [3.05, 3.63) is 0 Å². The Labute approximate surface area is 73.5 Å². The molecule has 5 heteroatoms. The molecule has 0 aromatic carbocycles. The van der Waals surface area contributed by atoms with Crippen molar-refractivity contribution in [2.45, 2.75) is 5.79 Å². The summed E-state index contributed by atoms with van der Waals surface area (Å²) in [5.74, 6) is -0.419. The van der Waals surface area contributed by atoms with E-state index in [-0.39, 0.29) is 0 Å². The predicted octanol–water partition coefficient (Wildman–Crippen LogP) is -2.32. The van der Waals surface area contributed by atoms with Gasteiger partial charge in [0.05, 0.1) is 0 Å². The van der Waals surface area contributed by atoms with E-state index in [9.17, 15) is 0 Å². The number of likely N-dealkylation sites (N-methyl/N-ethyl adjacent to an activating group) is 1.